The minimum atomic E-state index is -3.17. The Morgan fingerprint density at radius 3 is 2.65 bits per heavy atom. The van der Waals surface area contributed by atoms with Gasteiger partial charge in [0.05, 0.1) is 5.75 Å². The van der Waals surface area contributed by atoms with E-state index < -0.39 is 10.0 Å². The average molecular weight is 338 g/mol. The maximum Gasteiger partial charge on any atom is 0.213 e. The third-order valence-electron chi connectivity index (χ3n) is 4.70. The van der Waals surface area contributed by atoms with Crippen molar-refractivity contribution in [3.8, 4) is 5.88 Å². The van der Waals surface area contributed by atoms with Crippen LogP contribution in [0.1, 0.15) is 51.0 Å². The van der Waals surface area contributed by atoms with Crippen molar-refractivity contribution in [3.63, 3.8) is 0 Å². The minimum absolute atomic E-state index is 0.237. The molecule has 128 valence electrons. The van der Waals surface area contributed by atoms with Gasteiger partial charge in [-0.25, -0.2) is 18.1 Å². The van der Waals surface area contributed by atoms with Gasteiger partial charge in [-0.2, -0.15) is 0 Å². The summed E-state index contributed by atoms with van der Waals surface area (Å²) in [5.74, 6) is 2.00. The first kappa shape index (κ1) is 16.7. The van der Waals surface area contributed by atoms with E-state index in [0.717, 1.165) is 37.2 Å². The maximum absolute atomic E-state index is 11.9. The molecule has 0 unspecified atom stereocenters. The second kappa shape index (κ2) is 7.18. The van der Waals surface area contributed by atoms with E-state index in [0.29, 0.717) is 18.3 Å². The average Bonchev–Trinajstić information content (AvgIpc) is 3.31. The van der Waals surface area contributed by atoms with Crippen LogP contribution < -0.4 is 9.46 Å². The molecule has 23 heavy (non-hydrogen) atoms. The zero-order valence-electron chi connectivity index (χ0n) is 13.7. The van der Waals surface area contributed by atoms with Crippen molar-refractivity contribution in [2.24, 2.45) is 11.8 Å². The lowest BCUT2D eigenvalue weighted by Gasteiger charge is -2.26. The third kappa shape index (κ3) is 5.46. The number of hydrogen-bond donors (Lipinski definition) is 1. The molecule has 0 bridgehead atoms. The zero-order valence-corrected chi connectivity index (χ0v) is 14.5. The first-order valence-corrected chi connectivity index (χ1v) is 10.2. The van der Waals surface area contributed by atoms with Crippen molar-refractivity contribution in [2.45, 2.75) is 58.1 Å². The van der Waals surface area contributed by atoms with E-state index in [1.54, 1.807) is 6.20 Å². The Balaban J connectivity index is 1.52. The molecule has 1 heterocycles. The third-order valence-corrected chi connectivity index (χ3v) is 6.19. The van der Waals surface area contributed by atoms with Gasteiger partial charge >= 0.3 is 0 Å². The highest BCUT2D eigenvalue weighted by atomic mass is 32.2. The standard InChI is InChI=1S/C17H26N2O3S/c1-13-2-6-16(7-3-13)22-17-10-15(8-9-18-17)11-19-23(20,21)12-14-4-5-14/h8-10,13-14,16,19H,2-7,11-12H2,1H3. The number of sulfonamides is 1. The Labute approximate surface area is 138 Å². The Kier molecular flexibility index (Phi) is 5.21. The molecule has 2 fully saturated rings. The van der Waals surface area contributed by atoms with Gasteiger partial charge in [0.25, 0.3) is 0 Å². The van der Waals surface area contributed by atoms with Crippen molar-refractivity contribution in [3.05, 3.63) is 23.9 Å². The van der Waals surface area contributed by atoms with Crippen LogP contribution in [0.15, 0.2) is 18.3 Å². The van der Waals surface area contributed by atoms with Gasteiger partial charge in [0.1, 0.15) is 6.10 Å². The molecule has 2 saturated carbocycles. The molecular weight excluding hydrogens is 312 g/mol. The van der Waals surface area contributed by atoms with E-state index >= 15 is 0 Å². The number of pyridine rings is 1. The van der Waals surface area contributed by atoms with Crippen LogP contribution in [-0.4, -0.2) is 25.3 Å². The number of hydrogen-bond acceptors (Lipinski definition) is 4. The van der Waals surface area contributed by atoms with Crippen LogP contribution in [0, 0.1) is 11.8 Å². The molecule has 0 aliphatic heterocycles. The maximum atomic E-state index is 11.9. The topological polar surface area (TPSA) is 68.3 Å². The first-order valence-electron chi connectivity index (χ1n) is 8.59. The van der Waals surface area contributed by atoms with E-state index in [2.05, 4.69) is 16.6 Å². The summed E-state index contributed by atoms with van der Waals surface area (Å²) in [5.41, 5.74) is 0.888. The molecule has 1 N–H and O–H groups in total. The highest BCUT2D eigenvalue weighted by Crippen LogP contribution is 2.30. The van der Waals surface area contributed by atoms with Gasteiger partial charge in [0.15, 0.2) is 0 Å². The molecule has 2 aliphatic rings. The number of aromatic nitrogens is 1. The van der Waals surface area contributed by atoms with Crippen molar-refractivity contribution in [1.29, 1.82) is 0 Å². The van der Waals surface area contributed by atoms with Crippen molar-refractivity contribution in [2.75, 3.05) is 5.75 Å². The largest absolute Gasteiger partial charge is 0.474 e. The van der Waals surface area contributed by atoms with Gasteiger partial charge in [-0.3, -0.25) is 0 Å². The number of nitrogens with zero attached hydrogens (tertiary/aromatic N) is 1. The highest BCUT2D eigenvalue weighted by molar-refractivity contribution is 7.89. The quantitative estimate of drug-likeness (QED) is 0.830. The normalized spacial score (nSPS) is 25.3. The van der Waals surface area contributed by atoms with Crippen molar-refractivity contribution < 1.29 is 13.2 Å². The molecule has 2 aliphatic carbocycles. The van der Waals surface area contributed by atoms with Crippen LogP contribution in [0.4, 0.5) is 0 Å². The van der Waals surface area contributed by atoms with E-state index in [-0.39, 0.29) is 11.9 Å². The molecule has 6 heteroatoms. The van der Waals surface area contributed by atoms with E-state index in [1.807, 2.05) is 12.1 Å². The number of rotatable bonds is 7. The van der Waals surface area contributed by atoms with E-state index in [1.165, 1.54) is 12.8 Å². The van der Waals surface area contributed by atoms with Crippen LogP contribution >= 0.6 is 0 Å². The predicted molar refractivity (Wildman–Crippen MR) is 89.6 cm³/mol. The second-order valence-corrected chi connectivity index (χ2v) is 8.90. The fourth-order valence-corrected chi connectivity index (χ4v) is 4.45. The molecule has 0 amide bonds. The van der Waals surface area contributed by atoms with Gasteiger partial charge in [0, 0.05) is 18.8 Å². The molecule has 0 aromatic carbocycles. The molecule has 1 aromatic heterocycles. The van der Waals surface area contributed by atoms with Crippen LogP contribution in [0.2, 0.25) is 0 Å². The SMILES string of the molecule is CC1CCC(Oc2cc(CNS(=O)(=O)CC3CC3)ccn2)CC1. The summed E-state index contributed by atoms with van der Waals surface area (Å²) in [6.45, 7) is 2.58. The lowest BCUT2D eigenvalue weighted by molar-refractivity contribution is 0.130. The van der Waals surface area contributed by atoms with Gasteiger partial charge < -0.3 is 4.74 Å². The van der Waals surface area contributed by atoms with Crippen LogP contribution in [0.5, 0.6) is 5.88 Å². The molecule has 1 aromatic rings. The van der Waals surface area contributed by atoms with E-state index in [4.69, 9.17) is 4.74 Å². The second-order valence-electron chi connectivity index (χ2n) is 7.05. The Morgan fingerprint density at radius 1 is 1.22 bits per heavy atom. The summed E-state index contributed by atoms with van der Waals surface area (Å²) >= 11 is 0. The number of ether oxygens (including phenoxy) is 1. The lowest BCUT2D eigenvalue weighted by Crippen LogP contribution is -2.27. The van der Waals surface area contributed by atoms with Crippen molar-refractivity contribution >= 4 is 10.0 Å². The Bertz CT molecular complexity index is 620. The van der Waals surface area contributed by atoms with Crippen LogP contribution in [-0.2, 0) is 16.6 Å². The lowest BCUT2D eigenvalue weighted by atomic mass is 9.89. The smallest absolute Gasteiger partial charge is 0.213 e. The van der Waals surface area contributed by atoms with Gasteiger partial charge in [-0.1, -0.05) is 6.92 Å². The minimum Gasteiger partial charge on any atom is -0.474 e. The fraction of sp³-hybridized carbons (Fsp3) is 0.706. The fourth-order valence-electron chi connectivity index (χ4n) is 2.99. The molecule has 0 spiro atoms. The molecule has 0 radical (unpaired) electrons. The number of nitrogens with one attached hydrogen (secondary N) is 1. The highest BCUT2D eigenvalue weighted by Gasteiger charge is 2.27. The van der Waals surface area contributed by atoms with Crippen LogP contribution in [0.25, 0.3) is 0 Å². The molecular formula is C17H26N2O3S. The van der Waals surface area contributed by atoms with Crippen molar-refractivity contribution in [1.82, 2.24) is 9.71 Å². The molecule has 5 nitrogen and oxygen atoms in total. The van der Waals surface area contributed by atoms with Gasteiger partial charge in [0.2, 0.25) is 15.9 Å². The Morgan fingerprint density at radius 2 is 1.96 bits per heavy atom. The van der Waals surface area contributed by atoms with Crippen LogP contribution in [0.3, 0.4) is 0 Å². The summed E-state index contributed by atoms with van der Waals surface area (Å²) < 4.78 is 32.5. The summed E-state index contributed by atoms with van der Waals surface area (Å²) in [4.78, 5) is 4.26. The van der Waals surface area contributed by atoms with E-state index in [9.17, 15) is 8.42 Å². The summed E-state index contributed by atoms with van der Waals surface area (Å²) in [6, 6.07) is 3.67. The Hall–Kier alpha value is -1.14. The zero-order chi connectivity index (χ0) is 16.3. The molecule has 0 saturated heterocycles. The van der Waals surface area contributed by atoms with Gasteiger partial charge in [-0.15, -0.1) is 0 Å². The molecule has 0 atom stereocenters. The monoisotopic (exact) mass is 338 g/mol. The summed E-state index contributed by atoms with van der Waals surface area (Å²) in [6.07, 6.45) is 8.53. The summed E-state index contributed by atoms with van der Waals surface area (Å²) in [5, 5.41) is 0. The van der Waals surface area contributed by atoms with Gasteiger partial charge in [-0.05, 0) is 62.0 Å². The predicted octanol–water partition coefficient (Wildman–Crippen LogP) is 2.87. The first-order chi connectivity index (χ1) is 11.0. The summed E-state index contributed by atoms with van der Waals surface area (Å²) in [7, 11) is -3.17. The molecule has 3 rings (SSSR count).